The second-order valence-corrected chi connectivity index (χ2v) is 7.48. The maximum absolute atomic E-state index is 13.0. The summed E-state index contributed by atoms with van der Waals surface area (Å²) in [5.74, 6) is -0.284. The van der Waals surface area contributed by atoms with Crippen molar-refractivity contribution in [2.45, 2.75) is 32.0 Å². The number of rotatable bonds is 7. The number of aryl methyl sites for hydroxylation is 1. The topological polar surface area (TPSA) is 82.6 Å². The number of methoxy groups -OCH3 is 1. The normalized spacial score (nSPS) is 13.4. The van der Waals surface area contributed by atoms with Gasteiger partial charge in [-0.1, -0.05) is 0 Å². The SMILES string of the molecule is COc1cc(OC(F)(F)F)ccc1Oc1cc(C2CC2)ncc1C(=O)Nc1ccnc(C)c1. The van der Waals surface area contributed by atoms with Crippen molar-refractivity contribution in [3.63, 3.8) is 0 Å². The first-order chi connectivity index (χ1) is 15.7. The van der Waals surface area contributed by atoms with Crippen molar-refractivity contribution in [2.75, 3.05) is 12.4 Å². The van der Waals surface area contributed by atoms with Crippen LogP contribution in [0.2, 0.25) is 0 Å². The number of anilines is 1. The van der Waals surface area contributed by atoms with Gasteiger partial charge >= 0.3 is 6.36 Å². The van der Waals surface area contributed by atoms with E-state index >= 15 is 0 Å². The van der Waals surface area contributed by atoms with Gasteiger partial charge in [0.25, 0.3) is 5.91 Å². The molecule has 1 aliphatic carbocycles. The molecule has 1 aliphatic rings. The highest BCUT2D eigenvalue weighted by molar-refractivity contribution is 6.06. The number of halogens is 3. The van der Waals surface area contributed by atoms with E-state index < -0.39 is 18.0 Å². The molecule has 2 aromatic heterocycles. The molecule has 4 rings (SSSR count). The van der Waals surface area contributed by atoms with E-state index in [2.05, 4.69) is 20.0 Å². The van der Waals surface area contributed by atoms with Gasteiger partial charge in [-0.25, -0.2) is 0 Å². The number of nitrogens with one attached hydrogen (secondary N) is 1. The van der Waals surface area contributed by atoms with Crippen molar-refractivity contribution in [1.82, 2.24) is 9.97 Å². The van der Waals surface area contributed by atoms with Gasteiger partial charge in [-0.15, -0.1) is 13.2 Å². The summed E-state index contributed by atoms with van der Waals surface area (Å²) >= 11 is 0. The van der Waals surface area contributed by atoms with Crippen LogP contribution in [0.25, 0.3) is 0 Å². The zero-order chi connectivity index (χ0) is 23.6. The van der Waals surface area contributed by atoms with Crippen LogP contribution in [-0.4, -0.2) is 29.3 Å². The Bertz CT molecular complexity index is 1180. The molecule has 0 unspecified atom stereocenters. The quantitative estimate of drug-likeness (QED) is 0.494. The minimum absolute atomic E-state index is 0.0117. The number of nitrogens with zero attached hydrogens (tertiary/aromatic N) is 2. The molecule has 33 heavy (non-hydrogen) atoms. The van der Waals surface area contributed by atoms with Gasteiger partial charge in [-0.2, -0.15) is 0 Å². The molecule has 0 aliphatic heterocycles. The molecular weight excluding hydrogens is 439 g/mol. The second-order valence-electron chi connectivity index (χ2n) is 7.48. The summed E-state index contributed by atoms with van der Waals surface area (Å²) in [5, 5.41) is 2.78. The average molecular weight is 459 g/mol. The van der Waals surface area contributed by atoms with Crippen LogP contribution in [0.5, 0.6) is 23.0 Å². The maximum Gasteiger partial charge on any atom is 0.573 e. The fourth-order valence-corrected chi connectivity index (χ4v) is 3.18. The summed E-state index contributed by atoms with van der Waals surface area (Å²) in [5.41, 5.74) is 2.22. The number of amides is 1. The van der Waals surface area contributed by atoms with Crippen LogP contribution in [0.4, 0.5) is 18.9 Å². The van der Waals surface area contributed by atoms with Gasteiger partial charge in [-0.05, 0) is 44.0 Å². The first-order valence-electron chi connectivity index (χ1n) is 10.1. The first-order valence-corrected chi connectivity index (χ1v) is 10.1. The third-order valence-electron chi connectivity index (χ3n) is 4.87. The Hall–Kier alpha value is -3.82. The minimum atomic E-state index is -4.84. The van der Waals surface area contributed by atoms with Crippen molar-refractivity contribution in [3.8, 4) is 23.0 Å². The van der Waals surface area contributed by atoms with Crippen LogP contribution in [0, 0.1) is 6.92 Å². The lowest BCUT2D eigenvalue weighted by Crippen LogP contribution is -2.17. The van der Waals surface area contributed by atoms with E-state index in [0.717, 1.165) is 36.4 Å². The highest BCUT2D eigenvalue weighted by Crippen LogP contribution is 2.42. The molecule has 7 nitrogen and oxygen atoms in total. The summed E-state index contributed by atoms with van der Waals surface area (Å²) in [6, 6.07) is 8.49. The molecule has 1 saturated carbocycles. The van der Waals surface area contributed by atoms with E-state index in [1.807, 2.05) is 0 Å². The number of ether oxygens (including phenoxy) is 3. The van der Waals surface area contributed by atoms with E-state index in [1.54, 1.807) is 31.3 Å². The molecule has 1 amide bonds. The molecule has 2 heterocycles. The smallest absolute Gasteiger partial charge is 0.493 e. The highest BCUT2D eigenvalue weighted by Gasteiger charge is 2.32. The number of aromatic nitrogens is 2. The largest absolute Gasteiger partial charge is 0.573 e. The van der Waals surface area contributed by atoms with Crippen molar-refractivity contribution >= 4 is 11.6 Å². The fraction of sp³-hybridized carbons (Fsp3) is 0.261. The molecule has 0 saturated heterocycles. The zero-order valence-electron chi connectivity index (χ0n) is 17.8. The summed E-state index contributed by atoms with van der Waals surface area (Å²) in [7, 11) is 1.29. The Balaban J connectivity index is 1.64. The van der Waals surface area contributed by atoms with E-state index in [-0.39, 0.29) is 28.7 Å². The Kier molecular flexibility index (Phi) is 6.08. The lowest BCUT2D eigenvalue weighted by Gasteiger charge is -2.16. The van der Waals surface area contributed by atoms with Crippen LogP contribution in [0.15, 0.2) is 48.8 Å². The lowest BCUT2D eigenvalue weighted by atomic mass is 10.1. The van der Waals surface area contributed by atoms with Crippen LogP contribution >= 0.6 is 0 Å². The van der Waals surface area contributed by atoms with Crippen LogP contribution in [0.3, 0.4) is 0 Å². The molecule has 1 N–H and O–H groups in total. The Morgan fingerprint density at radius 3 is 2.52 bits per heavy atom. The standard InChI is InChI=1S/C23H20F3N3O4/c1-13-9-15(7-8-27-13)29-22(30)17-12-28-18(14-3-4-14)11-20(17)32-19-6-5-16(10-21(19)31-2)33-23(24,25)26/h5-12,14H,3-4H2,1-2H3,(H,27,29,30). The van der Waals surface area contributed by atoms with Gasteiger partial charge in [0, 0.05) is 47.5 Å². The Morgan fingerprint density at radius 1 is 1.06 bits per heavy atom. The van der Waals surface area contributed by atoms with E-state index in [4.69, 9.17) is 9.47 Å². The summed E-state index contributed by atoms with van der Waals surface area (Å²) in [4.78, 5) is 21.5. The van der Waals surface area contributed by atoms with Crippen molar-refractivity contribution in [1.29, 1.82) is 0 Å². The van der Waals surface area contributed by atoms with E-state index in [1.165, 1.54) is 19.4 Å². The maximum atomic E-state index is 13.0. The Morgan fingerprint density at radius 2 is 1.85 bits per heavy atom. The molecule has 1 aromatic carbocycles. The number of carbonyl (C=O) groups excluding carboxylic acids is 1. The molecular formula is C23H20F3N3O4. The number of carbonyl (C=O) groups is 1. The number of pyridine rings is 2. The van der Waals surface area contributed by atoms with E-state index in [0.29, 0.717) is 5.69 Å². The fourth-order valence-electron chi connectivity index (χ4n) is 3.18. The third kappa shape index (κ3) is 5.71. The van der Waals surface area contributed by atoms with Gasteiger partial charge in [-0.3, -0.25) is 14.8 Å². The summed E-state index contributed by atoms with van der Waals surface area (Å²) in [6.45, 7) is 1.80. The van der Waals surface area contributed by atoms with Crippen molar-refractivity contribution < 1.29 is 32.2 Å². The third-order valence-corrected chi connectivity index (χ3v) is 4.87. The number of benzene rings is 1. The lowest BCUT2D eigenvalue weighted by molar-refractivity contribution is -0.274. The first kappa shape index (κ1) is 22.4. The second kappa shape index (κ2) is 8.97. The van der Waals surface area contributed by atoms with Gasteiger partial charge in [0.05, 0.1) is 7.11 Å². The molecule has 10 heteroatoms. The number of alkyl halides is 3. The van der Waals surface area contributed by atoms with Crippen LogP contribution < -0.4 is 19.5 Å². The average Bonchev–Trinajstić information content (AvgIpc) is 3.59. The highest BCUT2D eigenvalue weighted by atomic mass is 19.4. The minimum Gasteiger partial charge on any atom is -0.493 e. The monoisotopic (exact) mass is 459 g/mol. The summed E-state index contributed by atoms with van der Waals surface area (Å²) < 4.78 is 52.7. The molecule has 3 aromatic rings. The van der Waals surface area contributed by atoms with E-state index in [9.17, 15) is 18.0 Å². The number of hydrogen-bond acceptors (Lipinski definition) is 6. The van der Waals surface area contributed by atoms with Crippen molar-refractivity contribution in [2.24, 2.45) is 0 Å². The predicted molar refractivity (Wildman–Crippen MR) is 113 cm³/mol. The molecule has 0 spiro atoms. The molecule has 0 bridgehead atoms. The van der Waals surface area contributed by atoms with Crippen LogP contribution in [-0.2, 0) is 0 Å². The van der Waals surface area contributed by atoms with Gasteiger partial charge in [0.15, 0.2) is 11.5 Å². The molecule has 0 radical (unpaired) electrons. The molecule has 0 atom stereocenters. The zero-order valence-corrected chi connectivity index (χ0v) is 17.8. The van der Waals surface area contributed by atoms with Gasteiger partial charge < -0.3 is 19.5 Å². The van der Waals surface area contributed by atoms with Crippen molar-refractivity contribution in [3.05, 3.63) is 65.7 Å². The summed E-state index contributed by atoms with van der Waals surface area (Å²) in [6.07, 6.45) is 0.141. The number of hydrogen-bond donors (Lipinski definition) is 1. The van der Waals surface area contributed by atoms with Gasteiger partial charge in [0.2, 0.25) is 0 Å². The predicted octanol–water partition coefficient (Wildman–Crippen LogP) is 5.61. The molecule has 172 valence electrons. The Labute approximate surface area is 187 Å². The van der Waals surface area contributed by atoms with Gasteiger partial charge in [0.1, 0.15) is 17.1 Å². The van der Waals surface area contributed by atoms with Crippen LogP contribution in [0.1, 0.15) is 40.5 Å². The molecule has 1 fully saturated rings.